The first kappa shape index (κ1) is 16.8. The number of amides is 1. The molecule has 0 unspecified atom stereocenters. The summed E-state index contributed by atoms with van der Waals surface area (Å²) in [6.45, 7) is 6.67. The van der Waals surface area contributed by atoms with E-state index >= 15 is 0 Å². The molecule has 0 spiro atoms. The van der Waals surface area contributed by atoms with E-state index in [1.165, 1.54) is 12.8 Å². The maximum absolute atomic E-state index is 12.7. The van der Waals surface area contributed by atoms with Crippen LogP contribution in [0.1, 0.15) is 36.0 Å². The lowest BCUT2D eigenvalue weighted by Gasteiger charge is -2.36. The number of carbonyl (C=O) groups excluding carboxylic acids is 1. The zero-order valence-electron chi connectivity index (χ0n) is 14.8. The average molecular weight is 344 g/mol. The van der Waals surface area contributed by atoms with Gasteiger partial charge in [0.15, 0.2) is 0 Å². The van der Waals surface area contributed by atoms with E-state index in [-0.39, 0.29) is 5.91 Å². The predicted molar refractivity (Wildman–Crippen MR) is 96.8 cm³/mol. The Morgan fingerprint density at radius 2 is 1.88 bits per heavy atom. The van der Waals surface area contributed by atoms with Gasteiger partial charge < -0.3 is 15.0 Å². The molecule has 2 aliphatic heterocycles. The standard InChI is InChI=1S/C19H28N4O2/c24-19(16-1-4-18(20-13-16)21-17-2-3-17)23-7-5-15(6-8-23)14-22-9-11-25-12-10-22/h1,4,13,15,17H,2-3,5-12,14H2,(H,20,21). The zero-order chi connectivity index (χ0) is 17.1. The van der Waals surface area contributed by atoms with Gasteiger partial charge in [-0.25, -0.2) is 4.98 Å². The minimum Gasteiger partial charge on any atom is -0.379 e. The number of piperidine rings is 1. The second-order valence-electron chi connectivity index (χ2n) is 7.50. The molecule has 1 aromatic rings. The molecule has 2 saturated heterocycles. The zero-order valence-corrected chi connectivity index (χ0v) is 14.8. The van der Waals surface area contributed by atoms with Crippen LogP contribution < -0.4 is 5.32 Å². The maximum atomic E-state index is 12.7. The molecule has 1 saturated carbocycles. The van der Waals surface area contributed by atoms with Gasteiger partial charge in [0, 0.05) is 45.0 Å². The molecule has 3 heterocycles. The van der Waals surface area contributed by atoms with Crippen LogP contribution in [0.2, 0.25) is 0 Å². The first-order valence-corrected chi connectivity index (χ1v) is 9.60. The number of ether oxygens (including phenoxy) is 1. The second kappa shape index (κ2) is 7.70. The Kier molecular flexibility index (Phi) is 5.17. The number of hydrogen-bond acceptors (Lipinski definition) is 5. The summed E-state index contributed by atoms with van der Waals surface area (Å²) in [4.78, 5) is 21.6. The number of morpholine rings is 1. The minimum absolute atomic E-state index is 0.121. The van der Waals surface area contributed by atoms with Crippen molar-refractivity contribution in [1.82, 2.24) is 14.8 Å². The van der Waals surface area contributed by atoms with E-state index in [0.717, 1.165) is 64.6 Å². The summed E-state index contributed by atoms with van der Waals surface area (Å²) in [7, 11) is 0. The molecule has 0 aromatic carbocycles. The van der Waals surface area contributed by atoms with Crippen LogP contribution >= 0.6 is 0 Å². The van der Waals surface area contributed by atoms with E-state index in [9.17, 15) is 4.79 Å². The van der Waals surface area contributed by atoms with E-state index in [2.05, 4.69) is 15.2 Å². The molecule has 3 aliphatic rings. The normalized spacial score (nSPS) is 22.8. The Morgan fingerprint density at radius 1 is 1.12 bits per heavy atom. The highest BCUT2D eigenvalue weighted by Gasteiger charge is 2.26. The van der Waals surface area contributed by atoms with Crippen molar-refractivity contribution in [3.8, 4) is 0 Å². The fourth-order valence-electron chi connectivity index (χ4n) is 3.69. The molecule has 25 heavy (non-hydrogen) atoms. The smallest absolute Gasteiger partial charge is 0.255 e. The van der Waals surface area contributed by atoms with Crippen LogP contribution in [-0.2, 0) is 4.74 Å². The van der Waals surface area contributed by atoms with Gasteiger partial charge in [-0.1, -0.05) is 0 Å². The third-order valence-corrected chi connectivity index (χ3v) is 5.46. The summed E-state index contributed by atoms with van der Waals surface area (Å²) in [6, 6.07) is 4.41. The van der Waals surface area contributed by atoms with Crippen molar-refractivity contribution < 1.29 is 9.53 Å². The van der Waals surface area contributed by atoms with Crippen LogP contribution in [-0.4, -0.2) is 72.7 Å². The van der Waals surface area contributed by atoms with Gasteiger partial charge in [-0.15, -0.1) is 0 Å². The van der Waals surface area contributed by atoms with Gasteiger partial charge >= 0.3 is 0 Å². The maximum Gasteiger partial charge on any atom is 0.255 e. The lowest BCUT2D eigenvalue weighted by atomic mass is 9.95. The molecule has 1 amide bonds. The van der Waals surface area contributed by atoms with E-state index in [1.54, 1.807) is 6.20 Å². The molecule has 1 N–H and O–H groups in total. The highest BCUT2D eigenvalue weighted by atomic mass is 16.5. The monoisotopic (exact) mass is 344 g/mol. The average Bonchev–Trinajstić information content (AvgIpc) is 3.47. The number of nitrogens with zero attached hydrogens (tertiary/aromatic N) is 3. The Labute approximate surface area is 149 Å². The van der Waals surface area contributed by atoms with Crippen LogP contribution in [0.3, 0.4) is 0 Å². The summed E-state index contributed by atoms with van der Waals surface area (Å²) in [5.41, 5.74) is 0.702. The van der Waals surface area contributed by atoms with Gasteiger partial charge in [0.2, 0.25) is 0 Å². The summed E-state index contributed by atoms with van der Waals surface area (Å²) in [5, 5.41) is 3.36. The third kappa shape index (κ3) is 4.50. The first-order valence-electron chi connectivity index (χ1n) is 9.60. The van der Waals surface area contributed by atoms with Gasteiger partial charge in [-0.2, -0.15) is 0 Å². The minimum atomic E-state index is 0.121. The molecule has 0 radical (unpaired) electrons. The van der Waals surface area contributed by atoms with Crippen molar-refractivity contribution in [2.45, 2.75) is 31.7 Å². The lowest BCUT2D eigenvalue weighted by Crippen LogP contribution is -2.44. The van der Waals surface area contributed by atoms with Crippen LogP contribution in [0.5, 0.6) is 0 Å². The van der Waals surface area contributed by atoms with E-state index in [1.807, 2.05) is 17.0 Å². The van der Waals surface area contributed by atoms with Crippen LogP contribution in [0.4, 0.5) is 5.82 Å². The van der Waals surface area contributed by atoms with Crippen LogP contribution in [0.25, 0.3) is 0 Å². The Hall–Kier alpha value is -1.66. The topological polar surface area (TPSA) is 57.7 Å². The highest BCUT2D eigenvalue weighted by molar-refractivity contribution is 5.94. The summed E-state index contributed by atoms with van der Waals surface area (Å²) in [5.74, 6) is 1.70. The van der Waals surface area contributed by atoms with Crippen molar-refractivity contribution >= 4 is 11.7 Å². The summed E-state index contributed by atoms with van der Waals surface area (Å²) in [6.07, 6.45) is 6.35. The van der Waals surface area contributed by atoms with Crippen LogP contribution in [0, 0.1) is 5.92 Å². The molecule has 3 fully saturated rings. The Bertz CT molecular complexity index is 574. The molecule has 6 nitrogen and oxygen atoms in total. The number of rotatable bonds is 5. The predicted octanol–water partition coefficient (Wildman–Crippen LogP) is 1.84. The molecule has 0 bridgehead atoms. The number of anilines is 1. The van der Waals surface area contributed by atoms with E-state index in [4.69, 9.17) is 4.74 Å². The van der Waals surface area contributed by atoms with Crippen molar-refractivity contribution in [2.24, 2.45) is 5.92 Å². The van der Waals surface area contributed by atoms with E-state index in [0.29, 0.717) is 17.5 Å². The fraction of sp³-hybridized carbons (Fsp3) is 0.684. The first-order chi connectivity index (χ1) is 12.3. The Morgan fingerprint density at radius 3 is 2.52 bits per heavy atom. The largest absolute Gasteiger partial charge is 0.379 e. The molecule has 0 atom stereocenters. The number of nitrogens with one attached hydrogen (secondary N) is 1. The SMILES string of the molecule is O=C(c1ccc(NC2CC2)nc1)N1CCC(CN2CCOCC2)CC1. The van der Waals surface area contributed by atoms with Gasteiger partial charge in [-0.05, 0) is 43.7 Å². The molecule has 4 rings (SSSR count). The van der Waals surface area contributed by atoms with Gasteiger partial charge in [0.1, 0.15) is 5.82 Å². The van der Waals surface area contributed by atoms with Crippen LogP contribution in [0.15, 0.2) is 18.3 Å². The third-order valence-electron chi connectivity index (χ3n) is 5.46. The fourth-order valence-corrected chi connectivity index (χ4v) is 3.69. The van der Waals surface area contributed by atoms with Gasteiger partial charge in [0.05, 0.1) is 18.8 Å². The molecular weight excluding hydrogens is 316 g/mol. The molecule has 136 valence electrons. The number of carbonyl (C=O) groups is 1. The van der Waals surface area contributed by atoms with Gasteiger partial charge in [0.25, 0.3) is 5.91 Å². The second-order valence-corrected chi connectivity index (χ2v) is 7.50. The number of hydrogen-bond donors (Lipinski definition) is 1. The molecule has 1 aliphatic carbocycles. The van der Waals surface area contributed by atoms with Crippen molar-refractivity contribution in [2.75, 3.05) is 51.3 Å². The summed E-state index contributed by atoms with van der Waals surface area (Å²) >= 11 is 0. The molecular formula is C19H28N4O2. The lowest BCUT2D eigenvalue weighted by molar-refractivity contribution is 0.0243. The van der Waals surface area contributed by atoms with Crippen molar-refractivity contribution in [3.05, 3.63) is 23.9 Å². The number of likely N-dealkylation sites (tertiary alicyclic amines) is 1. The van der Waals surface area contributed by atoms with E-state index < -0.39 is 0 Å². The van der Waals surface area contributed by atoms with Crippen molar-refractivity contribution in [3.63, 3.8) is 0 Å². The number of aromatic nitrogens is 1. The molecule has 6 heteroatoms. The summed E-state index contributed by atoms with van der Waals surface area (Å²) < 4.78 is 5.41. The highest BCUT2D eigenvalue weighted by Crippen LogP contribution is 2.24. The van der Waals surface area contributed by atoms with Gasteiger partial charge in [-0.3, -0.25) is 9.69 Å². The quantitative estimate of drug-likeness (QED) is 0.883. The molecule has 1 aromatic heterocycles. The Balaban J connectivity index is 1.25. The van der Waals surface area contributed by atoms with Crippen molar-refractivity contribution in [1.29, 1.82) is 0 Å². The number of pyridine rings is 1.